The van der Waals surface area contributed by atoms with Gasteiger partial charge in [-0.15, -0.1) is 10.2 Å². The molecule has 1 heterocycles. The molecule has 0 N–H and O–H groups in total. The summed E-state index contributed by atoms with van der Waals surface area (Å²) in [5, 5.41) is 14.6. The molecule has 5 rings (SSSR count). The first-order chi connectivity index (χ1) is 15.1. The Morgan fingerprint density at radius 3 is 2.39 bits per heavy atom. The quantitative estimate of drug-likeness (QED) is 0.288. The number of aromatic nitrogens is 2. The standard InChI is InChI=1S/C25H17Cl2N3O/c1-15-6-8-16(9-7-15)23-13-21-24(29-28-23)19-4-2-3-5-20(19)25(21)30-31-14-17-10-11-18(26)12-22(17)27/h2-13H,14H2,1H3/b30-25-. The zero-order valence-corrected chi connectivity index (χ0v) is 18.2. The molecule has 3 aromatic carbocycles. The first kappa shape index (κ1) is 19.7. The fourth-order valence-corrected chi connectivity index (χ4v) is 4.04. The average Bonchev–Trinajstić information content (AvgIpc) is 3.09. The number of benzene rings is 3. The molecule has 0 unspecified atom stereocenters. The summed E-state index contributed by atoms with van der Waals surface area (Å²) in [6.45, 7) is 2.30. The van der Waals surface area contributed by atoms with Gasteiger partial charge in [0.15, 0.2) is 0 Å². The SMILES string of the molecule is Cc1ccc(-c2cc3c(nn2)-c2ccccc2/C3=N/OCc2ccc(Cl)cc2Cl)cc1. The number of hydrogen-bond donors (Lipinski definition) is 0. The van der Waals surface area contributed by atoms with Gasteiger partial charge >= 0.3 is 0 Å². The van der Waals surface area contributed by atoms with Crippen LogP contribution in [0, 0.1) is 6.92 Å². The van der Waals surface area contributed by atoms with Crippen LogP contribution in [-0.2, 0) is 11.4 Å². The normalized spacial score (nSPS) is 13.2. The molecule has 0 radical (unpaired) electrons. The summed E-state index contributed by atoms with van der Waals surface area (Å²) < 4.78 is 0. The molecular weight excluding hydrogens is 429 g/mol. The molecule has 0 fully saturated rings. The molecule has 1 aromatic heterocycles. The zero-order valence-electron chi connectivity index (χ0n) is 16.6. The van der Waals surface area contributed by atoms with Crippen LogP contribution in [0.25, 0.3) is 22.5 Å². The summed E-state index contributed by atoms with van der Waals surface area (Å²) in [5.74, 6) is 0. The highest BCUT2D eigenvalue weighted by Crippen LogP contribution is 2.36. The third-order valence-corrected chi connectivity index (χ3v) is 5.81. The number of halogens is 2. The number of oxime groups is 1. The number of nitrogens with zero attached hydrogens (tertiary/aromatic N) is 3. The van der Waals surface area contributed by atoms with Crippen molar-refractivity contribution in [3.63, 3.8) is 0 Å². The zero-order chi connectivity index (χ0) is 21.4. The van der Waals surface area contributed by atoms with Gasteiger partial charge in [-0.3, -0.25) is 0 Å². The maximum atomic E-state index is 6.26. The van der Waals surface area contributed by atoms with E-state index in [2.05, 4.69) is 34.4 Å². The van der Waals surface area contributed by atoms with Gasteiger partial charge in [0, 0.05) is 37.9 Å². The van der Waals surface area contributed by atoms with Crippen molar-refractivity contribution in [1.82, 2.24) is 10.2 Å². The van der Waals surface area contributed by atoms with E-state index in [4.69, 9.17) is 28.0 Å². The predicted octanol–water partition coefficient (Wildman–Crippen LogP) is 6.71. The van der Waals surface area contributed by atoms with Crippen LogP contribution in [0.3, 0.4) is 0 Å². The molecule has 0 spiro atoms. The highest BCUT2D eigenvalue weighted by molar-refractivity contribution is 6.35. The fourth-order valence-electron chi connectivity index (χ4n) is 3.58. The van der Waals surface area contributed by atoms with Crippen LogP contribution in [0.2, 0.25) is 10.0 Å². The van der Waals surface area contributed by atoms with Crippen molar-refractivity contribution in [3.05, 3.63) is 105 Å². The molecule has 6 heteroatoms. The Bertz CT molecular complexity index is 1320. The highest BCUT2D eigenvalue weighted by atomic mass is 35.5. The van der Waals surface area contributed by atoms with E-state index in [0.717, 1.165) is 44.9 Å². The number of rotatable bonds is 4. The third-order valence-electron chi connectivity index (χ3n) is 5.22. The van der Waals surface area contributed by atoms with Gasteiger partial charge in [0.1, 0.15) is 18.0 Å². The Kier molecular flexibility index (Phi) is 5.18. The van der Waals surface area contributed by atoms with Crippen LogP contribution in [0.4, 0.5) is 0 Å². The molecule has 0 aliphatic heterocycles. The summed E-state index contributed by atoms with van der Waals surface area (Å²) in [6, 6.07) is 23.5. The second kappa shape index (κ2) is 8.14. The molecule has 4 nitrogen and oxygen atoms in total. The van der Waals surface area contributed by atoms with E-state index >= 15 is 0 Å². The number of hydrogen-bond acceptors (Lipinski definition) is 4. The van der Waals surface area contributed by atoms with Crippen molar-refractivity contribution in [2.75, 3.05) is 0 Å². The van der Waals surface area contributed by atoms with Gasteiger partial charge in [0.05, 0.1) is 5.69 Å². The summed E-state index contributed by atoms with van der Waals surface area (Å²) in [5.41, 5.74) is 8.20. The minimum absolute atomic E-state index is 0.236. The van der Waals surface area contributed by atoms with E-state index < -0.39 is 0 Å². The van der Waals surface area contributed by atoms with Crippen LogP contribution in [0.15, 0.2) is 78.0 Å². The first-order valence-electron chi connectivity index (χ1n) is 9.79. The Morgan fingerprint density at radius 2 is 1.61 bits per heavy atom. The molecule has 4 aromatic rings. The second-order valence-electron chi connectivity index (χ2n) is 7.35. The predicted molar refractivity (Wildman–Crippen MR) is 125 cm³/mol. The molecule has 31 heavy (non-hydrogen) atoms. The Labute approximate surface area is 190 Å². The van der Waals surface area contributed by atoms with Gasteiger partial charge in [-0.1, -0.05) is 88.5 Å². The van der Waals surface area contributed by atoms with Gasteiger partial charge in [-0.25, -0.2) is 0 Å². The lowest BCUT2D eigenvalue weighted by Crippen LogP contribution is -2.02. The smallest absolute Gasteiger partial charge is 0.143 e. The molecule has 0 saturated heterocycles. The van der Waals surface area contributed by atoms with E-state index in [9.17, 15) is 0 Å². The maximum Gasteiger partial charge on any atom is 0.143 e. The van der Waals surface area contributed by atoms with Gasteiger partial charge in [-0.05, 0) is 25.1 Å². The molecule has 0 amide bonds. The first-order valence-corrected chi connectivity index (χ1v) is 10.5. The van der Waals surface area contributed by atoms with Crippen molar-refractivity contribution < 1.29 is 4.84 Å². The lowest BCUT2D eigenvalue weighted by Gasteiger charge is -2.06. The van der Waals surface area contributed by atoms with Gasteiger partial charge in [0.2, 0.25) is 0 Å². The van der Waals surface area contributed by atoms with Crippen molar-refractivity contribution in [2.24, 2.45) is 5.16 Å². The van der Waals surface area contributed by atoms with Crippen LogP contribution in [0.5, 0.6) is 0 Å². The summed E-state index contributed by atoms with van der Waals surface area (Å²) >= 11 is 12.2. The number of aryl methyl sites for hydroxylation is 1. The van der Waals surface area contributed by atoms with Crippen LogP contribution >= 0.6 is 23.2 Å². The number of fused-ring (bicyclic) bond motifs is 3. The lowest BCUT2D eigenvalue weighted by atomic mass is 10.1. The highest BCUT2D eigenvalue weighted by Gasteiger charge is 2.28. The maximum absolute atomic E-state index is 6.26. The van der Waals surface area contributed by atoms with E-state index in [1.54, 1.807) is 12.1 Å². The third kappa shape index (κ3) is 3.80. The Morgan fingerprint density at radius 1 is 0.839 bits per heavy atom. The van der Waals surface area contributed by atoms with Crippen molar-refractivity contribution >= 4 is 28.9 Å². The molecular formula is C25H17Cl2N3O. The molecule has 1 aliphatic rings. The minimum Gasteiger partial charge on any atom is -0.390 e. The van der Waals surface area contributed by atoms with E-state index in [0.29, 0.717) is 10.0 Å². The lowest BCUT2D eigenvalue weighted by molar-refractivity contribution is 0.131. The van der Waals surface area contributed by atoms with Crippen LogP contribution in [-0.4, -0.2) is 15.9 Å². The second-order valence-corrected chi connectivity index (χ2v) is 8.20. The summed E-state index contributed by atoms with van der Waals surface area (Å²) in [6.07, 6.45) is 0. The van der Waals surface area contributed by atoms with Crippen LogP contribution < -0.4 is 0 Å². The molecule has 1 aliphatic carbocycles. The Balaban J connectivity index is 1.52. The molecule has 152 valence electrons. The van der Waals surface area contributed by atoms with Crippen molar-refractivity contribution in [3.8, 4) is 22.5 Å². The topological polar surface area (TPSA) is 47.4 Å². The van der Waals surface area contributed by atoms with Crippen LogP contribution in [0.1, 0.15) is 22.3 Å². The van der Waals surface area contributed by atoms with E-state index in [1.807, 2.05) is 48.5 Å². The van der Waals surface area contributed by atoms with Gasteiger partial charge < -0.3 is 4.84 Å². The Hall–Kier alpha value is -3.21. The van der Waals surface area contributed by atoms with Crippen molar-refractivity contribution in [1.29, 1.82) is 0 Å². The monoisotopic (exact) mass is 445 g/mol. The summed E-state index contributed by atoms with van der Waals surface area (Å²) in [4.78, 5) is 5.71. The van der Waals surface area contributed by atoms with E-state index in [-0.39, 0.29) is 6.61 Å². The average molecular weight is 446 g/mol. The van der Waals surface area contributed by atoms with Gasteiger partial charge in [-0.2, -0.15) is 0 Å². The minimum atomic E-state index is 0.236. The summed E-state index contributed by atoms with van der Waals surface area (Å²) in [7, 11) is 0. The fraction of sp³-hybridized carbons (Fsp3) is 0.0800. The van der Waals surface area contributed by atoms with Crippen molar-refractivity contribution in [2.45, 2.75) is 13.5 Å². The van der Waals surface area contributed by atoms with Gasteiger partial charge in [0.25, 0.3) is 0 Å². The molecule has 0 bridgehead atoms. The molecule has 0 atom stereocenters. The largest absolute Gasteiger partial charge is 0.390 e. The molecule has 0 saturated carbocycles. The van der Waals surface area contributed by atoms with E-state index in [1.165, 1.54) is 5.56 Å².